The van der Waals surface area contributed by atoms with E-state index < -0.39 is 23.7 Å². The molecule has 2 aromatic rings. The Morgan fingerprint density at radius 1 is 1.35 bits per heavy atom. The second kappa shape index (κ2) is 6.94. The third-order valence-corrected chi connectivity index (χ3v) is 4.85. The monoisotopic (exact) mass is 385 g/mol. The van der Waals surface area contributed by atoms with Gasteiger partial charge in [-0.1, -0.05) is 17.4 Å². The summed E-state index contributed by atoms with van der Waals surface area (Å²) in [5, 5.41) is 2.82. The molecule has 1 aliphatic rings. The third kappa shape index (κ3) is 3.79. The van der Waals surface area contributed by atoms with Crippen molar-refractivity contribution in [1.82, 2.24) is 9.88 Å². The number of halogens is 3. The van der Waals surface area contributed by atoms with E-state index >= 15 is 0 Å². The first-order valence-electron chi connectivity index (χ1n) is 7.58. The minimum atomic E-state index is -4.50. The molecule has 26 heavy (non-hydrogen) atoms. The molecular weight excluding hydrogens is 371 g/mol. The number of amides is 2. The topological polar surface area (TPSA) is 71.5 Å². The highest BCUT2D eigenvalue weighted by Gasteiger charge is 2.32. The number of nitrogens with one attached hydrogen (secondary N) is 1. The van der Waals surface area contributed by atoms with Gasteiger partial charge in [0.15, 0.2) is 5.13 Å². The summed E-state index contributed by atoms with van der Waals surface area (Å²) in [5.74, 6) is -0.474. The molecule has 0 bridgehead atoms. The lowest BCUT2D eigenvalue weighted by molar-refractivity contribution is -0.137. The normalized spacial score (nSPS) is 13.9. The number of anilines is 1. The molecule has 0 fully saturated rings. The number of hydrogen-bond donors (Lipinski definition) is 1. The fourth-order valence-electron chi connectivity index (χ4n) is 2.57. The number of benzene rings is 1. The largest absolute Gasteiger partial charge is 0.453 e. The Balaban J connectivity index is 1.76. The number of nitrogens with zero attached hydrogens (tertiary/aromatic N) is 2. The number of aromatic nitrogens is 1. The molecule has 0 saturated heterocycles. The number of alkyl halides is 3. The molecule has 0 unspecified atom stereocenters. The zero-order valence-corrected chi connectivity index (χ0v) is 14.4. The van der Waals surface area contributed by atoms with Gasteiger partial charge >= 0.3 is 12.3 Å². The van der Waals surface area contributed by atoms with Crippen molar-refractivity contribution in [3.63, 3.8) is 0 Å². The molecule has 0 spiro atoms. The van der Waals surface area contributed by atoms with Crippen LogP contribution in [0.15, 0.2) is 24.3 Å². The molecule has 0 atom stereocenters. The van der Waals surface area contributed by atoms with E-state index in [4.69, 9.17) is 0 Å². The van der Waals surface area contributed by atoms with Crippen LogP contribution in [0.2, 0.25) is 0 Å². The van der Waals surface area contributed by atoms with Gasteiger partial charge in [-0.2, -0.15) is 13.2 Å². The molecule has 6 nitrogen and oxygen atoms in total. The summed E-state index contributed by atoms with van der Waals surface area (Å²) in [6.07, 6.45) is -4.69. The van der Waals surface area contributed by atoms with Gasteiger partial charge in [-0.15, -0.1) is 0 Å². The van der Waals surface area contributed by atoms with Crippen molar-refractivity contribution in [1.29, 1.82) is 0 Å². The van der Waals surface area contributed by atoms with Crippen molar-refractivity contribution >= 4 is 28.5 Å². The van der Waals surface area contributed by atoms with E-state index in [2.05, 4.69) is 15.0 Å². The Morgan fingerprint density at radius 2 is 2.12 bits per heavy atom. The summed E-state index contributed by atoms with van der Waals surface area (Å²) in [5.41, 5.74) is -0.112. The number of rotatable bonds is 2. The molecule has 1 aromatic carbocycles. The van der Waals surface area contributed by atoms with Crippen molar-refractivity contribution in [2.75, 3.05) is 19.0 Å². The Hall–Kier alpha value is -2.62. The minimum Gasteiger partial charge on any atom is -0.453 e. The first kappa shape index (κ1) is 18.2. The smallest absolute Gasteiger partial charge is 0.416 e. The lowest BCUT2D eigenvalue weighted by Gasteiger charge is -2.26. The van der Waals surface area contributed by atoms with Crippen LogP contribution in [0.25, 0.3) is 0 Å². The highest BCUT2D eigenvalue weighted by molar-refractivity contribution is 7.15. The predicted octanol–water partition coefficient (Wildman–Crippen LogP) is 3.54. The summed E-state index contributed by atoms with van der Waals surface area (Å²) >= 11 is 1.21. The first-order chi connectivity index (χ1) is 12.3. The molecule has 1 aromatic heterocycles. The quantitative estimate of drug-likeness (QED) is 0.858. The summed E-state index contributed by atoms with van der Waals surface area (Å²) < 4.78 is 43.0. The molecule has 10 heteroatoms. The van der Waals surface area contributed by atoms with Gasteiger partial charge in [0.2, 0.25) is 0 Å². The van der Waals surface area contributed by atoms with Crippen LogP contribution in [-0.4, -0.2) is 35.5 Å². The van der Waals surface area contributed by atoms with Crippen LogP contribution >= 0.6 is 11.3 Å². The number of thiazole rings is 1. The highest BCUT2D eigenvalue weighted by Crippen LogP contribution is 2.31. The fraction of sp³-hybridized carbons (Fsp3) is 0.312. The number of methoxy groups -OCH3 is 1. The van der Waals surface area contributed by atoms with Gasteiger partial charge in [-0.3, -0.25) is 10.1 Å². The van der Waals surface area contributed by atoms with Crippen molar-refractivity contribution < 1.29 is 27.5 Å². The van der Waals surface area contributed by atoms with Gasteiger partial charge < -0.3 is 9.64 Å². The average molecular weight is 385 g/mol. The standard InChI is InChI=1S/C16H14F3N3O3S/c1-25-15(24)21-14-20-11-5-6-22(8-12(11)26-14)13(23)9-3-2-4-10(7-9)16(17,18)19/h2-4,7H,5-6,8H2,1H3,(H,20,21,24). The Morgan fingerprint density at radius 3 is 2.81 bits per heavy atom. The maximum absolute atomic E-state index is 12.8. The van der Waals surface area contributed by atoms with Crippen molar-refractivity contribution in [3.8, 4) is 0 Å². The second-order valence-electron chi connectivity index (χ2n) is 5.56. The Kier molecular flexibility index (Phi) is 4.86. The zero-order chi connectivity index (χ0) is 18.9. The van der Waals surface area contributed by atoms with Crippen LogP contribution in [-0.2, 0) is 23.9 Å². The van der Waals surface area contributed by atoms with Crippen LogP contribution in [0.3, 0.4) is 0 Å². The predicted molar refractivity (Wildman–Crippen MR) is 88.0 cm³/mol. The molecule has 138 valence electrons. The van der Waals surface area contributed by atoms with Gasteiger partial charge in [0, 0.05) is 23.4 Å². The lowest BCUT2D eigenvalue weighted by atomic mass is 10.1. The van der Waals surface area contributed by atoms with Crippen LogP contribution < -0.4 is 5.32 Å². The van der Waals surface area contributed by atoms with Gasteiger partial charge in [0.05, 0.1) is 24.9 Å². The Labute approximate surface area is 150 Å². The van der Waals surface area contributed by atoms with Gasteiger partial charge in [0.25, 0.3) is 5.91 Å². The van der Waals surface area contributed by atoms with Gasteiger partial charge in [0.1, 0.15) is 0 Å². The number of carbonyl (C=O) groups excluding carboxylic acids is 2. The third-order valence-electron chi connectivity index (χ3n) is 3.85. The SMILES string of the molecule is COC(=O)Nc1nc2c(s1)CN(C(=O)c1cccc(C(F)(F)F)c1)CC2. The second-order valence-corrected chi connectivity index (χ2v) is 6.64. The molecule has 3 rings (SSSR count). The Bertz CT molecular complexity index is 851. The maximum atomic E-state index is 12.8. The summed E-state index contributed by atoms with van der Waals surface area (Å²) in [4.78, 5) is 30.3. The summed E-state index contributed by atoms with van der Waals surface area (Å²) in [6.45, 7) is 0.564. The van der Waals surface area contributed by atoms with Crippen molar-refractivity contribution in [3.05, 3.63) is 46.0 Å². The van der Waals surface area contributed by atoms with Crippen LogP contribution in [0.1, 0.15) is 26.5 Å². The number of carbonyl (C=O) groups is 2. The van der Waals surface area contributed by atoms with E-state index in [-0.39, 0.29) is 12.1 Å². The lowest BCUT2D eigenvalue weighted by Crippen LogP contribution is -2.35. The van der Waals surface area contributed by atoms with Crippen molar-refractivity contribution in [2.45, 2.75) is 19.1 Å². The van der Waals surface area contributed by atoms with Gasteiger partial charge in [-0.05, 0) is 18.2 Å². The molecule has 0 saturated carbocycles. The molecule has 2 amide bonds. The first-order valence-corrected chi connectivity index (χ1v) is 8.39. The van der Waals surface area contributed by atoms with Crippen LogP contribution in [0.5, 0.6) is 0 Å². The van der Waals surface area contributed by atoms with E-state index in [0.717, 1.165) is 22.7 Å². The van der Waals surface area contributed by atoms with Crippen molar-refractivity contribution in [2.24, 2.45) is 0 Å². The minimum absolute atomic E-state index is 0.0132. The average Bonchev–Trinajstić information content (AvgIpc) is 3.01. The molecule has 2 heterocycles. The molecule has 1 N–H and O–H groups in total. The zero-order valence-electron chi connectivity index (χ0n) is 13.6. The summed E-state index contributed by atoms with van der Waals surface area (Å²) in [7, 11) is 1.23. The molecule has 0 radical (unpaired) electrons. The molecule has 1 aliphatic heterocycles. The molecule has 0 aliphatic carbocycles. The van der Waals surface area contributed by atoms with Gasteiger partial charge in [-0.25, -0.2) is 9.78 Å². The van der Waals surface area contributed by atoms with Crippen LogP contribution in [0.4, 0.5) is 23.1 Å². The number of ether oxygens (including phenoxy) is 1. The maximum Gasteiger partial charge on any atom is 0.416 e. The molecular formula is C16H14F3N3O3S. The number of fused-ring (bicyclic) bond motifs is 1. The van der Waals surface area contributed by atoms with E-state index in [1.807, 2.05) is 0 Å². The summed E-state index contributed by atoms with van der Waals surface area (Å²) in [6, 6.07) is 4.37. The van der Waals surface area contributed by atoms with E-state index in [0.29, 0.717) is 18.1 Å². The van der Waals surface area contributed by atoms with E-state index in [1.165, 1.54) is 35.5 Å². The number of hydrogen-bond acceptors (Lipinski definition) is 5. The van der Waals surface area contributed by atoms with E-state index in [1.54, 1.807) is 0 Å². The highest BCUT2D eigenvalue weighted by atomic mass is 32.1. The fourth-order valence-corrected chi connectivity index (χ4v) is 3.58. The van der Waals surface area contributed by atoms with E-state index in [9.17, 15) is 22.8 Å². The van der Waals surface area contributed by atoms with Crippen LogP contribution in [0, 0.1) is 0 Å².